The van der Waals surface area contributed by atoms with Gasteiger partial charge >= 0.3 is 0 Å². The maximum atomic E-state index is 14.4. The zero-order valence-corrected chi connectivity index (χ0v) is 21.9. The molecule has 2 aliphatic rings. The van der Waals surface area contributed by atoms with Crippen molar-refractivity contribution < 1.29 is 24.1 Å². The number of carbonyl (C=O) groups is 1. The van der Waals surface area contributed by atoms with Crippen LogP contribution < -0.4 is 9.47 Å². The Bertz CT molecular complexity index is 1310. The monoisotopic (exact) mass is 514 g/mol. The summed E-state index contributed by atoms with van der Waals surface area (Å²) in [7, 11) is 1.63. The molecule has 0 unspecified atom stereocenters. The molecule has 3 aromatic rings. The van der Waals surface area contributed by atoms with E-state index >= 15 is 0 Å². The molecule has 3 aromatic carbocycles. The number of hydrogen-bond donors (Lipinski definition) is 1. The fourth-order valence-electron chi connectivity index (χ4n) is 5.25. The third kappa shape index (κ3) is 4.98. The normalized spacial score (nSPS) is 20.5. The molecule has 0 aliphatic carbocycles. The highest BCUT2D eigenvalue weighted by molar-refractivity contribution is 6.01. The van der Waals surface area contributed by atoms with E-state index in [0.29, 0.717) is 49.9 Å². The van der Waals surface area contributed by atoms with E-state index in [1.165, 1.54) is 0 Å². The van der Waals surface area contributed by atoms with Gasteiger partial charge in [-0.1, -0.05) is 43.3 Å². The molecule has 0 saturated carbocycles. The second-order valence-corrected chi connectivity index (χ2v) is 9.74. The summed E-state index contributed by atoms with van der Waals surface area (Å²) < 4.78 is 17.8. The molecule has 5 rings (SSSR count). The first-order chi connectivity index (χ1) is 18.6. The van der Waals surface area contributed by atoms with Crippen LogP contribution >= 0.6 is 0 Å². The Balaban J connectivity index is 1.60. The number of benzene rings is 3. The minimum atomic E-state index is -1.15. The topological polar surface area (TPSA) is 80.6 Å². The lowest BCUT2D eigenvalue weighted by molar-refractivity contribution is -0.140. The van der Waals surface area contributed by atoms with Crippen molar-refractivity contribution in [3.8, 4) is 11.5 Å². The molecule has 0 saturated heterocycles. The van der Waals surface area contributed by atoms with E-state index in [-0.39, 0.29) is 12.5 Å². The molecular formula is C31H34N2O5. The largest absolute Gasteiger partial charge is 0.497 e. The Labute approximate surface area is 223 Å². The van der Waals surface area contributed by atoms with E-state index in [1.54, 1.807) is 7.11 Å². The number of methoxy groups -OCH3 is 1. The van der Waals surface area contributed by atoms with Gasteiger partial charge < -0.3 is 24.2 Å². The zero-order valence-electron chi connectivity index (χ0n) is 21.9. The van der Waals surface area contributed by atoms with Gasteiger partial charge in [0.05, 0.1) is 13.7 Å². The average molecular weight is 515 g/mol. The fraction of sp³-hybridized carbons (Fsp3) is 0.355. The minimum absolute atomic E-state index is 0.0256. The van der Waals surface area contributed by atoms with Crippen molar-refractivity contribution in [1.82, 2.24) is 4.90 Å². The van der Waals surface area contributed by atoms with Crippen LogP contribution in [-0.2, 0) is 22.5 Å². The van der Waals surface area contributed by atoms with E-state index < -0.39 is 11.6 Å². The standard InChI is InChI=1S/C31H34N2O5/c1-3-16-33-21-25-9-5-4-8-24(25)20-31(30(33)35)28(23-10-6-11-27(19-23)36-2)38-29(32-31)22-12-14-26(15-13-22)37-18-7-17-34/h4-6,8-15,19,28,34H,3,7,16-18,20-21H2,1-2H3/t28-,31-/m1/s1. The molecule has 1 amide bonds. The van der Waals surface area contributed by atoms with Crippen molar-refractivity contribution in [3.63, 3.8) is 0 Å². The van der Waals surface area contributed by atoms with Gasteiger partial charge in [-0.25, -0.2) is 4.99 Å². The van der Waals surface area contributed by atoms with Gasteiger partial charge in [-0.2, -0.15) is 0 Å². The third-order valence-corrected chi connectivity index (χ3v) is 7.12. The third-order valence-electron chi connectivity index (χ3n) is 7.12. The van der Waals surface area contributed by atoms with Crippen LogP contribution in [0.15, 0.2) is 77.8 Å². The van der Waals surface area contributed by atoms with Gasteiger partial charge in [0, 0.05) is 38.1 Å². The lowest BCUT2D eigenvalue weighted by Gasteiger charge is -2.33. The number of aliphatic hydroxyl groups excluding tert-OH is 1. The van der Waals surface area contributed by atoms with Crippen LogP contribution in [0.5, 0.6) is 11.5 Å². The number of rotatable bonds is 9. The summed E-state index contributed by atoms with van der Waals surface area (Å²) in [4.78, 5) is 21.5. The number of aliphatic imine (C=N–C) groups is 1. The van der Waals surface area contributed by atoms with E-state index in [2.05, 4.69) is 19.1 Å². The van der Waals surface area contributed by atoms with E-state index in [9.17, 15) is 4.79 Å². The molecule has 0 aromatic heterocycles. The van der Waals surface area contributed by atoms with E-state index in [4.69, 9.17) is 24.3 Å². The molecule has 7 heteroatoms. The first kappa shape index (κ1) is 25.8. The molecule has 0 bridgehead atoms. The van der Waals surface area contributed by atoms with Crippen molar-refractivity contribution in [3.05, 3.63) is 95.1 Å². The van der Waals surface area contributed by atoms with Crippen LogP contribution in [-0.4, -0.2) is 54.2 Å². The highest BCUT2D eigenvalue weighted by Crippen LogP contribution is 2.46. The van der Waals surface area contributed by atoms with Crippen molar-refractivity contribution in [2.24, 2.45) is 4.99 Å². The van der Waals surface area contributed by atoms with Gasteiger partial charge in [0.2, 0.25) is 5.90 Å². The van der Waals surface area contributed by atoms with Crippen molar-refractivity contribution in [1.29, 1.82) is 0 Å². The quantitative estimate of drug-likeness (QED) is 0.419. The second kappa shape index (κ2) is 11.3. The van der Waals surface area contributed by atoms with Crippen molar-refractivity contribution in [2.45, 2.75) is 44.4 Å². The molecule has 198 valence electrons. The molecule has 2 atom stereocenters. The predicted molar refractivity (Wildman–Crippen MR) is 146 cm³/mol. The number of fused-ring (bicyclic) bond motifs is 1. The van der Waals surface area contributed by atoms with Gasteiger partial charge in [0.15, 0.2) is 11.6 Å². The first-order valence-corrected chi connectivity index (χ1v) is 13.2. The van der Waals surface area contributed by atoms with Gasteiger partial charge in [-0.05, 0) is 59.5 Å². The molecule has 0 radical (unpaired) electrons. The summed E-state index contributed by atoms with van der Waals surface area (Å²) in [5.41, 5.74) is 2.71. The molecule has 0 fully saturated rings. The van der Waals surface area contributed by atoms with Crippen LogP contribution in [0.3, 0.4) is 0 Å². The van der Waals surface area contributed by atoms with E-state index in [0.717, 1.165) is 28.7 Å². The average Bonchev–Trinajstić information content (AvgIpc) is 3.29. The molecule has 7 nitrogen and oxygen atoms in total. The Morgan fingerprint density at radius 1 is 1.05 bits per heavy atom. The van der Waals surface area contributed by atoms with E-state index in [1.807, 2.05) is 65.6 Å². The first-order valence-electron chi connectivity index (χ1n) is 13.2. The molecule has 1 N–H and O–H groups in total. The zero-order chi connectivity index (χ0) is 26.5. The maximum absolute atomic E-state index is 14.4. The maximum Gasteiger partial charge on any atom is 0.255 e. The van der Waals surface area contributed by atoms with Gasteiger partial charge in [-0.3, -0.25) is 4.79 Å². The summed E-state index contributed by atoms with van der Waals surface area (Å²) in [6.07, 6.45) is 1.24. The Morgan fingerprint density at radius 3 is 2.58 bits per heavy atom. The summed E-state index contributed by atoms with van der Waals surface area (Å²) in [6, 6.07) is 23.4. The van der Waals surface area contributed by atoms with Crippen LogP contribution in [0.25, 0.3) is 0 Å². The molecular weight excluding hydrogens is 480 g/mol. The number of carbonyl (C=O) groups excluding carboxylic acids is 1. The summed E-state index contributed by atoms with van der Waals surface area (Å²) in [6.45, 7) is 3.81. The highest BCUT2D eigenvalue weighted by Gasteiger charge is 2.56. The van der Waals surface area contributed by atoms with Crippen LogP contribution in [0.2, 0.25) is 0 Å². The van der Waals surface area contributed by atoms with Crippen LogP contribution in [0.1, 0.15) is 48.1 Å². The molecule has 2 heterocycles. The molecule has 2 aliphatic heterocycles. The number of ether oxygens (including phenoxy) is 3. The summed E-state index contributed by atoms with van der Waals surface area (Å²) in [5, 5.41) is 9.01. The Hall–Kier alpha value is -3.84. The SMILES string of the molecule is CCCN1Cc2ccccc2C[C@]2(N=C(c3ccc(OCCCO)cc3)O[C@@H]2c2cccc(OC)c2)C1=O. The van der Waals surface area contributed by atoms with Gasteiger partial charge in [0.25, 0.3) is 5.91 Å². The van der Waals surface area contributed by atoms with Gasteiger partial charge in [0.1, 0.15) is 11.5 Å². The number of amides is 1. The minimum Gasteiger partial charge on any atom is -0.497 e. The van der Waals surface area contributed by atoms with Crippen LogP contribution in [0.4, 0.5) is 0 Å². The fourth-order valence-corrected chi connectivity index (χ4v) is 5.25. The molecule has 38 heavy (non-hydrogen) atoms. The Kier molecular flexibility index (Phi) is 7.65. The lowest BCUT2D eigenvalue weighted by atomic mass is 9.81. The molecule has 1 spiro atoms. The van der Waals surface area contributed by atoms with Crippen LogP contribution in [0, 0.1) is 0 Å². The van der Waals surface area contributed by atoms with Crippen molar-refractivity contribution in [2.75, 3.05) is 26.9 Å². The van der Waals surface area contributed by atoms with Crippen molar-refractivity contribution >= 4 is 11.8 Å². The second-order valence-electron chi connectivity index (χ2n) is 9.74. The number of nitrogens with zero attached hydrogens (tertiary/aromatic N) is 2. The number of hydrogen-bond acceptors (Lipinski definition) is 6. The lowest BCUT2D eigenvalue weighted by Crippen LogP contribution is -2.50. The smallest absolute Gasteiger partial charge is 0.255 e. The van der Waals surface area contributed by atoms with Gasteiger partial charge in [-0.15, -0.1) is 0 Å². The number of aliphatic hydroxyl groups is 1. The Morgan fingerprint density at radius 2 is 1.84 bits per heavy atom. The summed E-state index contributed by atoms with van der Waals surface area (Å²) in [5.74, 6) is 1.81. The predicted octanol–water partition coefficient (Wildman–Crippen LogP) is 4.71. The highest BCUT2D eigenvalue weighted by atomic mass is 16.5. The summed E-state index contributed by atoms with van der Waals surface area (Å²) >= 11 is 0.